The SMILES string of the molecule is CC(NC(=O)c1ccccc1C(=O)O)c1ccc(-n2ccnc2)cc1. The number of carbonyl (C=O) groups excluding carboxylic acids is 1. The van der Waals surface area contributed by atoms with E-state index in [1.165, 1.54) is 12.1 Å². The van der Waals surface area contributed by atoms with Crippen molar-refractivity contribution in [1.82, 2.24) is 14.9 Å². The average Bonchev–Trinajstić information content (AvgIpc) is 3.16. The topological polar surface area (TPSA) is 84.2 Å². The van der Waals surface area contributed by atoms with Crippen LogP contribution < -0.4 is 5.32 Å². The zero-order chi connectivity index (χ0) is 17.8. The highest BCUT2D eigenvalue weighted by Crippen LogP contribution is 2.17. The Morgan fingerprint density at radius 3 is 2.36 bits per heavy atom. The third-order valence-electron chi connectivity index (χ3n) is 3.95. The third kappa shape index (κ3) is 3.58. The van der Waals surface area contributed by atoms with Crippen LogP contribution in [0.25, 0.3) is 5.69 Å². The predicted molar refractivity (Wildman–Crippen MR) is 92.8 cm³/mol. The number of benzene rings is 2. The molecule has 2 N–H and O–H groups in total. The van der Waals surface area contributed by atoms with Crippen molar-refractivity contribution in [3.05, 3.63) is 83.9 Å². The van der Waals surface area contributed by atoms with Gasteiger partial charge in [-0.05, 0) is 36.8 Å². The Morgan fingerprint density at radius 2 is 1.76 bits per heavy atom. The molecule has 1 heterocycles. The fourth-order valence-corrected chi connectivity index (χ4v) is 2.57. The average molecular weight is 335 g/mol. The van der Waals surface area contributed by atoms with Crippen LogP contribution in [-0.2, 0) is 0 Å². The standard InChI is InChI=1S/C19H17N3O3/c1-13(14-6-8-15(9-7-14)22-11-10-20-12-22)21-18(23)16-4-2-3-5-17(16)19(24)25/h2-13H,1H3,(H,21,23)(H,24,25). The van der Waals surface area contributed by atoms with Crippen LogP contribution in [0.5, 0.6) is 0 Å². The first-order valence-corrected chi connectivity index (χ1v) is 7.78. The normalized spacial score (nSPS) is 11.7. The number of nitrogens with zero attached hydrogens (tertiary/aromatic N) is 2. The Labute approximate surface area is 144 Å². The van der Waals surface area contributed by atoms with Gasteiger partial charge >= 0.3 is 5.97 Å². The van der Waals surface area contributed by atoms with Crippen molar-refractivity contribution in [3.63, 3.8) is 0 Å². The number of amides is 1. The Hall–Kier alpha value is -3.41. The number of carbonyl (C=O) groups is 2. The second kappa shape index (κ2) is 7.00. The van der Waals surface area contributed by atoms with Gasteiger partial charge in [0.25, 0.3) is 5.91 Å². The van der Waals surface area contributed by atoms with E-state index in [0.717, 1.165) is 11.3 Å². The highest BCUT2D eigenvalue weighted by Gasteiger charge is 2.17. The number of aromatic nitrogens is 2. The molecule has 6 nitrogen and oxygen atoms in total. The molecule has 6 heteroatoms. The highest BCUT2D eigenvalue weighted by atomic mass is 16.4. The second-order valence-corrected chi connectivity index (χ2v) is 5.61. The van der Waals surface area contributed by atoms with Crippen LogP contribution in [0.4, 0.5) is 0 Å². The van der Waals surface area contributed by atoms with E-state index in [1.807, 2.05) is 42.0 Å². The van der Waals surface area contributed by atoms with E-state index >= 15 is 0 Å². The van der Waals surface area contributed by atoms with Crippen molar-refractivity contribution in [3.8, 4) is 5.69 Å². The van der Waals surface area contributed by atoms with Crippen LogP contribution in [0.15, 0.2) is 67.3 Å². The fraction of sp³-hybridized carbons (Fsp3) is 0.105. The molecular formula is C19H17N3O3. The molecule has 2 aromatic carbocycles. The largest absolute Gasteiger partial charge is 0.478 e. The van der Waals surface area contributed by atoms with Gasteiger partial charge in [-0.1, -0.05) is 24.3 Å². The van der Waals surface area contributed by atoms with Gasteiger partial charge in [0.05, 0.1) is 23.5 Å². The molecule has 126 valence electrons. The summed E-state index contributed by atoms with van der Waals surface area (Å²) in [5.41, 5.74) is 2.03. The van der Waals surface area contributed by atoms with E-state index < -0.39 is 11.9 Å². The number of carboxylic acid groups (broad SMARTS) is 1. The Kier molecular flexibility index (Phi) is 4.61. The van der Waals surface area contributed by atoms with Crippen molar-refractivity contribution < 1.29 is 14.7 Å². The summed E-state index contributed by atoms with van der Waals surface area (Å²) in [7, 11) is 0. The fourth-order valence-electron chi connectivity index (χ4n) is 2.57. The van der Waals surface area contributed by atoms with E-state index in [-0.39, 0.29) is 17.2 Å². The monoisotopic (exact) mass is 335 g/mol. The van der Waals surface area contributed by atoms with Gasteiger partial charge in [-0.3, -0.25) is 4.79 Å². The molecule has 0 aliphatic carbocycles. The van der Waals surface area contributed by atoms with Gasteiger partial charge in [-0.2, -0.15) is 0 Å². The molecule has 1 amide bonds. The molecule has 3 aromatic rings. The predicted octanol–water partition coefficient (Wildman–Crippen LogP) is 3.06. The molecule has 0 radical (unpaired) electrons. The number of nitrogens with one attached hydrogen (secondary N) is 1. The minimum absolute atomic E-state index is 0.0114. The van der Waals surface area contributed by atoms with Gasteiger partial charge in [-0.15, -0.1) is 0 Å². The lowest BCUT2D eigenvalue weighted by Gasteiger charge is -2.16. The smallest absolute Gasteiger partial charge is 0.336 e. The van der Waals surface area contributed by atoms with E-state index in [1.54, 1.807) is 24.7 Å². The zero-order valence-corrected chi connectivity index (χ0v) is 13.6. The first kappa shape index (κ1) is 16.4. The van der Waals surface area contributed by atoms with Crippen LogP contribution in [0.1, 0.15) is 39.2 Å². The van der Waals surface area contributed by atoms with Crippen LogP contribution >= 0.6 is 0 Å². The van der Waals surface area contributed by atoms with Crippen LogP contribution in [0.2, 0.25) is 0 Å². The minimum Gasteiger partial charge on any atom is -0.478 e. The number of imidazole rings is 1. The lowest BCUT2D eigenvalue weighted by molar-refractivity contribution is 0.0690. The molecule has 0 saturated carbocycles. The van der Waals surface area contributed by atoms with Crippen LogP contribution in [-0.4, -0.2) is 26.5 Å². The first-order chi connectivity index (χ1) is 12.1. The molecule has 1 atom stereocenters. The van der Waals surface area contributed by atoms with Crippen molar-refractivity contribution in [2.75, 3.05) is 0 Å². The molecule has 0 fully saturated rings. The summed E-state index contributed by atoms with van der Waals surface area (Å²) in [5.74, 6) is -1.53. The number of rotatable bonds is 5. The maximum Gasteiger partial charge on any atom is 0.336 e. The van der Waals surface area contributed by atoms with Gasteiger partial charge < -0.3 is 15.0 Å². The molecule has 3 rings (SSSR count). The van der Waals surface area contributed by atoms with Gasteiger partial charge in [0.2, 0.25) is 0 Å². The van der Waals surface area contributed by atoms with Crippen molar-refractivity contribution in [2.24, 2.45) is 0 Å². The Balaban J connectivity index is 1.75. The number of hydrogen-bond acceptors (Lipinski definition) is 3. The van der Waals surface area contributed by atoms with Crippen molar-refractivity contribution in [2.45, 2.75) is 13.0 Å². The summed E-state index contributed by atoms with van der Waals surface area (Å²) >= 11 is 0. The van der Waals surface area contributed by atoms with Crippen LogP contribution in [0, 0.1) is 0 Å². The first-order valence-electron chi connectivity index (χ1n) is 7.78. The molecule has 0 saturated heterocycles. The summed E-state index contributed by atoms with van der Waals surface area (Å²) in [5, 5.41) is 12.0. The number of hydrogen-bond donors (Lipinski definition) is 2. The zero-order valence-electron chi connectivity index (χ0n) is 13.6. The van der Waals surface area contributed by atoms with E-state index in [4.69, 9.17) is 0 Å². The van der Waals surface area contributed by atoms with Crippen LogP contribution in [0.3, 0.4) is 0 Å². The van der Waals surface area contributed by atoms with Crippen molar-refractivity contribution in [1.29, 1.82) is 0 Å². The number of aromatic carboxylic acids is 1. The van der Waals surface area contributed by atoms with Gasteiger partial charge in [-0.25, -0.2) is 9.78 Å². The summed E-state index contributed by atoms with van der Waals surface area (Å²) in [6.07, 6.45) is 5.27. The Bertz CT molecular complexity index is 887. The molecular weight excluding hydrogens is 318 g/mol. The quantitative estimate of drug-likeness (QED) is 0.750. The number of carboxylic acids is 1. The molecule has 25 heavy (non-hydrogen) atoms. The summed E-state index contributed by atoms with van der Waals surface area (Å²) in [4.78, 5) is 27.7. The molecule has 1 aromatic heterocycles. The van der Waals surface area contributed by atoms with Gasteiger partial charge in [0, 0.05) is 18.1 Å². The summed E-state index contributed by atoms with van der Waals surface area (Å²) < 4.78 is 1.89. The van der Waals surface area contributed by atoms with E-state index in [2.05, 4.69) is 10.3 Å². The molecule has 0 spiro atoms. The molecule has 1 unspecified atom stereocenters. The third-order valence-corrected chi connectivity index (χ3v) is 3.95. The van der Waals surface area contributed by atoms with E-state index in [0.29, 0.717) is 0 Å². The maximum absolute atomic E-state index is 12.4. The summed E-state index contributed by atoms with van der Waals surface area (Å²) in [6.45, 7) is 1.85. The summed E-state index contributed by atoms with van der Waals surface area (Å²) in [6, 6.07) is 13.6. The lowest BCUT2D eigenvalue weighted by atomic mass is 10.0. The molecule has 0 aliphatic heterocycles. The molecule has 0 bridgehead atoms. The highest BCUT2D eigenvalue weighted by molar-refractivity contribution is 6.04. The molecule has 0 aliphatic rings. The lowest BCUT2D eigenvalue weighted by Crippen LogP contribution is -2.28. The second-order valence-electron chi connectivity index (χ2n) is 5.61. The van der Waals surface area contributed by atoms with E-state index in [9.17, 15) is 14.7 Å². The Morgan fingerprint density at radius 1 is 1.08 bits per heavy atom. The minimum atomic E-state index is -1.12. The van der Waals surface area contributed by atoms with Gasteiger partial charge in [0.15, 0.2) is 0 Å². The van der Waals surface area contributed by atoms with Crippen molar-refractivity contribution >= 4 is 11.9 Å². The maximum atomic E-state index is 12.4. The van der Waals surface area contributed by atoms with Gasteiger partial charge in [0.1, 0.15) is 0 Å².